The first-order valence-corrected chi connectivity index (χ1v) is 10.1. The first-order valence-electron chi connectivity index (χ1n) is 8.55. The molecule has 0 aliphatic carbocycles. The fourth-order valence-electron chi connectivity index (χ4n) is 2.66. The molecule has 3 amide bonds. The van der Waals surface area contributed by atoms with E-state index in [0.717, 1.165) is 16.7 Å². The lowest BCUT2D eigenvalue weighted by atomic mass is 10.2. The van der Waals surface area contributed by atoms with E-state index in [1.807, 2.05) is 0 Å². The monoisotopic (exact) mass is 466 g/mol. The summed E-state index contributed by atoms with van der Waals surface area (Å²) in [4.78, 5) is 38.3. The zero-order valence-corrected chi connectivity index (χ0v) is 18.2. The SMILES string of the molecule is COc1ccc(C=C2SC(=O)N(CC(=O)Nc3cccc(Cl)c3Cl)C2=O)cc1OC. The lowest BCUT2D eigenvalue weighted by Gasteiger charge is -2.13. The summed E-state index contributed by atoms with van der Waals surface area (Å²) in [5.41, 5.74) is 0.940. The van der Waals surface area contributed by atoms with Crippen LogP contribution in [0, 0.1) is 0 Å². The van der Waals surface area contributed by atoms with Crippen molar-refractivity contribution in [3.8, 4) is 11.5 Å². The zero-order valence-electron chi connectivity index (χ0n) is 15.9. The molecule has 1 aliphatic heterocycles. The fourth-order valence-corrected chi connectivity index (χ4v) is 3.85. The van der Waals surface area contributed by atoms with Gasteiger partial charge in [-0.05, 0) is 47.7 Å². The van der Waals surface area contributed by atoms with Crippen LogP contribution in [0.5, 0.6) is 11.5 Å². The predicted octanol–water partition coefficient (Wildman–Crippen LogP) is 4.69. The average Bonchev–Trinajstić information content (AvgIpc) is 2.98. The molecule has 1 heterocycles. The number of nitrogens with one attached hydrogen (secondary N) is 1. The molecule has 2 aromatic carbocycles. The van der Waals surface area contributed by atoms with Crippen molar-refractivity contribution in [1.82, 2.24) is 4.90 Å². The van der Waals surface area contributed by atoms with Crippen LogP contribution in [0.1, 0.15) is 5.56 Å². The molecule has 10 heteroatoms. The van der Waals surface area contributed by atoms with Crippen molar-refractivity contribution in [1.29, 1.82) is 0 Å². The first-order chi connectivity index (χ1) is 14.3. The smallest absolute Gasteiger partial charge is 0.294 e. The van der Waals surface area contributed by atoms with E-state index in [2.05, 4.69) is 5.32 Å². The van der Waals surface area contributed by atoms with Crippen LogP contribution in [0.4, 0.5) is 10.5 Å². The predicted molar refractivity (Wildman–Crippen MR) is 117 cm³/mol. The summed E-state index contributed by atoms with van der Waals surface area (Å²) in [6.07, 6.45) is 1.55. The molecule has 0 saturated carbocycles. The topological polar surface area (TPSA) is 84.9 Å². The van der Waals surface area contributed by atoms with Gasteiger partial charge in [-0.25, -0.2) is 0 Å². The number of halogens is 2. The highest BCUT2D eigenvalue weighted by Crippen LogP contribution is 2.35. The third-order valence-corrected chi connectivity index (χ3v) is 5.83. The fraction of sp³-hybridized carbons (Fsp3) is 0.150. The van der Waals surface area contributed by atoms with Gasteiger partial charge in [-0.15, -0.1) is 0 Å². The Labute approximate surface area is 186 Å². The molecule has 1 saturated heterocycles. The summed E-state index contributed by atoms with van der Waals surface area (Å²) >= 11 is 12.7. The summed E-state index contributed by atoms with van der Waals surface area (Å²) in [6.45, 7) is -0.448. The van der Waals surface area contributed by atoms with Crippen LogP contribution < -0.4 is 14.8 Å². The van der Waals surface area contributed by atoms with Gasteiger partial charge in [0.05, 0.1) is 34.9 Å². The highest BCUT2D eigenvalue weighted by atomic mass is 35.5. The van der Waals surface area contributed by atoms with Crippen molar-refractivity contribution in [2.24, 2.45) is 0 Å². The second-order valence-electron chi connectivity index (χ2n) is 6.03. The van der Waals surface area contributed by atoms with Crippen LogP contribution in [-0.2, 0) is 9.59 Å². The molecule has 0 atom stereocenters. The van der Waals surface area contributed by atoms with E-state index in [1.165, 1.54) is 14.2 Å². The third-order valence-electron chi connectivity index (χ3n) is 4.11. The van der Waals surface area contributed by atoms with Gasteiger partial charge in [0.25, 0.3) is 11.1 Å². The van der Waals surface area contributed by atoms with Crippen molar-refractivity contribution in [2.75, 3.05) is 26.1 Å². The molecule has 2 aromatic rings. The van der Waals surface area contributed by atoms with Crippen molar-refractivity contribution >= 4 is 63.8 Å². The van der Waals surface area contributed by atoms with Crippen LogP contribution in [-0.4, -0.2) is 42.7 Å². The van der Waals surface area contributed by atoms with E-state index in [4.69, 9.17) is 32.7 Å². The Bertz CT molecular complexity index is 1060. The number of benzene rings is 2. The van der Waals surface area contributed by atoms with E-state index in [0.29, 0.717) is 22.7 Å². The van der Waals surface area contributed by atoms with Gasteiger partial charge in [-0.3, -0.25) is 19.3 Å². The van der Waals surface area contributed by atoms with Gasteiger partial charge in [0.2, 0.25) is 5.91 Å². The van der Waals surface area contributed by atoms with Gasteiger partial charge in [-0.2, -0.15) is 0 Å². The molecule has 3 rings (SSSR count). The second kappa shape index (κ2) is 9.42. The zero-order chi connectivity index (χ0) is 21.8. The van der Waals surface area contributed by atoms with Crippen LogP contribution in [0.15, 0.2) is 41.3 Å². The Balaban J connectivity index is 1.74. The maximum Gasteiger partial charge on any atom is 0.294 e. The number of methoxy groups -OCH3 is 2. The van der Waals surface area contributed by atoms with Gasteiger partial charge in [-0.1, -0.05) is 35.3 Å². The molecular formula is C20H16Cl2N2O5S. The maximum atomic E-state index is 12.6. The highest BCUT2D eigenvalue weighted by Gasteiger charge is 2.36. The molecule has 1 fully saturated rings. The first kappa shape index (κ1) is 22.0. The van der Waals surface area contributed by atoms with Crippen LogP contribution in [0.2, 0.25) is 10.0 Å². The molecule has 1 aliphatic rings. The minimum absolute atomic E-state index is 0.176. The van der Waals surface area contributed by atoms with Gasteiger partial charge in [0.15, 0.2) is 11.5 Å². The summed E-state index contributed by atoms with van der Waals surface area (Å²) in [5.74, 6) is -0.108. The number of hydrogen-bond donors (Lipinski definition) is 1. The number of amides is 3. The summed E-state index contributed by atoms with van der Waals surface area (Å²) < 4.78 is 10.4. The molecule has 0 unspecified atom stereocenters. The number of ether oxygens (including phenoxy) is 2. The molecular weight excluding hydrogens is 451 g/mol. The van der Waals surface area contributed by atoms with E-state index in [-0.39, 0.29) is 15.0 Å². The standard InChI is InChI=1S/C20H16Cl2N2O5S/c1-28-14-7-6-11(8-15(14)29-2)9-16-19(26)24(20(27)30-16)10-17(25)23-13-5-3-4-12(21)18(13)22/h3-9H,10H2,1-2H3,(H,23,25). The molecule has 156 valence electrons. The minimum atomic E-state index is -0.575. The van der Waals surface area contributed by atoms with Crippen molar-refractivity contribution in [3.63, 3.8) is 0 Å². The Morgan fingerprint density at radius 3 is 2.57 bits per heavy atom. The average molecular weight is 467 g/mol. The number of carbonyl (C=O) groups is 3. The number of rotatable bonds is 6. The number of thioether (sulfide) groups is 1. The van der Waals surface area contributed by atoms with E-state index in [1.54, 1.807) is 42.5 Å². The Morgan fingerprint density at radius 1 is 1.13 bits per heavy atom. The number of nitrogens with zero attached hydrogens (tertiary/aromatic N) is 1. The van der Waals surface area contributed by atoms with E-state index in [9.17, 15) is 14.4 Å². The number of anilines is 1. The molecule has 7 nitrogen and oxygen atoms in total. The Hall–Kier alpha value is -2.68. The third kappa shape index (κ3) is 4.72. The number of hydrogen-bond acceptors (Lipinski definition) is 6. The lowest BCUT2D eigenvalue weighted by molar-refractivity contribution is -0.127. The molecule has 0 spiro atoms. The Morgan fingerprint density at radius 2 is 1.87 bits per heavy atom. The van der Waals surface area contributed by atoms with Gasteiger partial charge >= 0.3 is 0 Å². The van der Waals surface area contributed by atoms with Crippen LogP contribution in [0.25, 0.3) is 6.08 Å². The Kier molecular flexibility index (Phi) is 6.91. The molecule has 0 aromatic heterocycles. The molecule has 1 N–H and O–H groups in total. The molecule has 0 radical (unpaired) electrons. The lowest BCUT2D eigenvalue weighted by Crippen LogP contribution is -2.36. The maximum absolute atomic E-state index is 12.6. The van der Waals surface area contributed by atoms with Gasteiger partial charge in [0.1, 0.15) is 6.54 Å². The van der Waals surface area contributed by atoms with Gasteiger partial charge < -0.3 is 14.8 Å². The quantitative estimate of drug-likeness (QED) is 0.621. The minimum Gasteiger partial charge on any atom is -0.493 e. The van der Waals surface area contributed by atoms with Gasteiger partial charge in [0, 0.05) is 0 Å². The van der Waals surface area contributed by atoms with Crippen molar-refractivity contribution < 1.29 is 23.9 Å². The summed E-state index contributed by atoms with van der Waals surface area (Å²) in [6, 6.07) is 9.86. The van der Waals surface area contributed by atoms with Crippen molar-refractivity contribution in [2.45, 2.75) is 0 Å². The molecule has 0 bridgehead atoms. The summed E-state index contributed by atoms with van der Waals surface area (Å²) in [7, 11) is 3.02. The second-order valence-corrected chi connectivity index (χ2v) is 7.81. The molecule has 30 heavy (non-hydrogen) atoms. The van der Waals surface area contributed by atoms with Crippen LogP contribution >= 0.6 is 35.0 Å². The number of carbonyl (C=O) groups excluding carboxylic acids is 3. The van der Waals surface area contributed by atoms with Crippen molar-refractivity contribution in [3.05, 3.63) is 56.9 Å². The normalized spacial score (nSPS) is 14.9. The highest BCUT2D eigenvalue weighted by molar-refractivity contribution is 8.18. The summed E-state index contributed by atoms with van der Waals surface area (Å²) in [5, 5.41) is 2.46. The van der Waals surface area contributed by atoms with Crippen LogP contribution in [0.3, 0.4) is 0 Å². The van der Waals surface area contributed by atoms with E-state index >= 15 is 0 Å². The number of imide groups is 1. The van der Waals surface area contributed by atoms with E-state index < -0.39 is 23.6 Å². The largest absolute Gasteiger partial charge is 0.493 e.